The average Bonchev–Trinajstić information content (AvgIpc) is 2.46. The summed E-state index contributed by atoms with van der Waals surface area (Å²) in [6.45, 7) is 11.4. The van der Waals surface area contributed by atoms with Crippen molar-refractivity contribution in [3.05, 3.63) is 30.3 Å². The van der Waals surface area contributed by atoms with E-state index in [4.69, 9.17) is 4.74 Å². The second-order valence-corrected chi connectivity index (χ2v) is 12.5. The molecule has 1 aromatic rings. The van der Waals surface area contributed by atoms with Crippen LogP contribution >= 0.6 is 0 Å². The minimum absolute atomic E-state index is 0.145. The van der Waals surface area contributed by atoms with E-state index < -0.39 is 13.7 Å². The van der Waals surface area contributed by atoms with Crippen LogP contribution < -0.4 is 5.19 Å². The van der Waals surface area contributed by atoms with Crippen LogP contribution in [-0.2, 0) is 4.74 Å². The van der Waals surface area contributed by atoms with Crippen LogP contribution in [0.5, 0.6) is 0 Å². The summed E-state index contributed by atoms with van der Waals surface area (Å²) in [4.78, 5) is 14.6. The summed E-state index contributed by atoms with van der Waals surface area (Å²) in [5.41, 5.74) is -0.115. The van der Waals surface area contributed by atoms with E-state index in [-0.39, 0.29) is 6.09 Å². The highest BCUT2D eigenvalue weighted by Gasteiger charge is 2.42. The molecule has 1 atom stereocenters. The maximum absolute atomic E-state index is 12.6. The van der Waals surface area contributed by atoms with Crippen LogP contribution in [0.3, 0.4) is 0 Å². The first-order valence-corrected chi connectivity index (χ1v) is 11.3. The van der Waals surface area contributed by atoms with E-state index in [0.29, 0.717) is 5.67 Å². The minimum Gasteiger partial charge on any atom is -0.444 e. The van der Waals surface area contributed by atoms with Crippen molar-refractivity contribution in [3.63, 3.8) is 0 Å². The van der Waals surface area contributed by atoms with Gasteiger partial charge in [0, 0.05) is 12.2 Å². The number of carbonyl (C=O) groups is 1. The molecule has 0 unspecified atom stereocenters. The van der Waals surface area contributed by atoms with Crippen molar-refractivity contribution in [2.24, 2.45) is 0 Å². The predicted molar refractivity (Wildman–Crippen MR) is 94.1 cm³/mol. The van der Waals surface area contributed by atoms with Gasteiger partial charge in [-0.2, -0.15) is 0 Å². The number of benzene rings is 1. The summed E-state index contributed by atoms with van der Waals surface area (Å²) >= 11 is 0. The molecule has 0 aliphatic carbocycles. The molecule has 0 spiro atoms. The summed E-state index contributed by atoms with van der Waals surface area (Å²) in [7, 11) is -1.75. The summed E-state index contributed by atoms with van der Waals surface area (Å²) in [6, 6.07) is 10.7. The molecular weight excluding hydrogens is 290 g/mol. The van der Waals surface area contributed by atoms with Crippen LogP contribution in [0.2, 0.25) is 13.1 Å². The number of likely N-dealkylation sites (tertiary alicyclic amines) is 1. The molecule has 0 N–H and O–H groups in total. The van der Waals surface area contributed by atoms with Gasteiger partial charge in [0.15, 0.2) is 0 Å². The van der Waals surface area contributed by atoms with Gasteiger partial charge in [0.05, 0.1) is 0 Å². The zero-order valence-corrected chi connectivity index (χ0v) is 15.6. The fourth-order valence-corrected chi connectivity index (χ4v) is 6.66. The first-order valence-electron chi connectivity index (χ1n) is 8.27. The molecule has 1 aliphatic heterocycles. The number of carbonyl (C=O) groups excluding carboxylic acids is 1. The minimum atomic E-state index is -1.75. The van der Waals surface area contributed by atoms with E-state index in [1.807, 2.05) is 25.7 Å². The number of rotatable bonds is 2. The summed E-state index contributed by atoms with van der Waals surface area (Å²) < 4.78 is 5.65. The molecule has 2 rings (SSSR count). The van der Waals surface area contributed by atoms with Gasteiger partial charge >= 0.3 is 6.09 Å². The molecule has 1 aliphatic rings. The molecule has 4 heteroatoms. The smallest absolute Gasteiger partial charge is 0.410 e. The second-order valence-electron chi connectivity index (χ2n) is 7.77. The highest BCUT2D eigenvalue weighted by atomic mass is 28.3. The van der Waals surface area contributed by atoms with Crippen molar-refractivity contribution >= 4 is 19.4 Å². The molecule has 0 aromatic heterocycles. The van der Waals surface area contributed by atoms with Gasteiger partial charge < -0.3 is 9.64 Å². The number of nitrogens with zero attached hydrogens (tertiary/aromatic N) is 1. The topological polar surface area (TPSA) is 29.5 Å². The van der Waals surface area contributed by atoms with Gasteiger partial charge in [-0.15, -0.1) is 0 Å². The summed E-state index contributed by atoms with van der Waals surface area (Å²) in [6.07, 6.45) is 3.23. The highest BCUT2D eigenvalue weighted by molar-refractivity contribution is 6.91. The predicted octanol–water partition coefficient (Wildman–Crippen LogP) is 3.93. The Balaban J connectivity index is 2.24. The average molecular weight is 320 g/mol. The van der Waals surface area contributed by atoms with Crippen LogP contribution in [0, 0.1) is 0 Å². The van der Waals surface area contributed by atoms with E-state index in [1.54, 1.807) is 0 Å². The molecule has 22 heavy (non-hydrogen) atoms. The largest absolute Gasteiger partial charge is 0.444 e. The Morgan fingerprint density at radius 3 is 2.41 bits per heavy atom. The molecule has 1 saturated heterocycles. The van der Waals surface area contributed by atoms with Crippen molar-refractivity contribution in [2.45, 2.75) is 64.4 Å². The second kappa shape index (κ2) is 6.45. The molecule has 1 heterocycles. The fraction of sp³-hybridized carbons (Fsp3) is 0.611. The Morgan fingerprint density at radius 2 is 1.82 bits per heavy atom. The first kappa shape index (κ1) is 17.1. The monoisotopic (exact) mass is 319 g/mol. The highest BCUT2D eigenvalue weighted by Crippen LogP contribution is 2.27. The maximum atomic E-state index is 12.6. The van der Waals surface area contributed by atoms with Gasteiger partial charge in [-0.3, -0.25) is 0 Å². The quantitative estimate of drug-likeness (QED) is 0.773. The van der Waals surface area contributed by atoms with Crippen molar-refractivity contribution in [2.75, 3.05) is 6.54 Å². The summed E-state index contributed by atoms with van der Waals surface area (Å²) in [5, 5.41) is 1.41. The zero-order chi connectivity index (χ0) is 16.4. The van der Waals surface area contributed by atoms with Crippen molar-refractivity contribution in [1.29, 1.82) is 0 Å². The standard InChI is InChI=1S/C18H29NO2Si/c1-18(2,3)21-17(20)19-14-10-9-13-16(19)22(4,5)15-11-7-6-8-12-15/h6-8,11-12,16H,9-10,13-14H2,1-5H3/t16-/m0/s1. The third kappa shape index (κ3) is 3.91. The van der Waals surface area contributed by atoms with Gasteiger partial charge in [0.1, 0.15) is 13.7 Å². The molecule has 1 aromatic carbocycles. The van der Waals surface area contributed by atoms with Gasteiger partial charge in [-0.05, 0) is 40.0 Å². The van der Waals surface area contributed by atoms with Gasteiger partial charge in [-0.1, -0.05) is 48.6 Å². The number of hydrogen-bond acceptors (Lipinski definition) is 2. The van der Waals surface area contributed by atoms with Crippen molar-refractivity contribution in [3.8, 4) is 0 Å². The molecular formula is C18H29NO2Si. The lowest BCUT2D eigenvalue weighted by Gasteiger charge is -2.44. The van der Waals surface area contributed by atoms with E-state index >= 15 is 0 Å². The summed E-state index contributed by atoms with van der Waals surface area (Å²) in [5.74, 6) is 0. The molecule has 0 bridgehead atoms. The third-order valence-corrected chi connectivity index (χ3v) is 8.57. The fourth-order valence-electron chi connectivity index (χ4n) is 3.28. The SMILES string of the molecule is CC(C)(C)OC(=O)N1CCCC[C@@H]1[Si](C)(C)c1ccccc1. The molecule has 0 radical (unpaired) electrons. The Morgan fingerprint density at radius 1 is 1.18 bits per heavy atom. The maximum Gasteiger partial charge on any atom is 0.410 e. The lowest BCUT2D eigenvalue weighted by atomic mass is 10.1. The normalized spacial score (nSPS) is 19.9. The lowest BCUT2D eigenvalue weighted by Crippen LogP contribution is -2.63. The van der Waals surface area contributed by atoms with Crippen LogP contribution in [0.1, 0.15) is 40.0 Å². The molecule has 0 saturated carbocycles. The Hall–Kier alpha value is -1.29. The Labute approximate surface area is 135 Å². The van der Waals surface area contributed by atoms with E-state index in [0.717, 1.165) is 19.4 Å². The van der Waals surface area contributed by atoms with E-state index in [9.17, 15) is 4.79 Å². The van der Waals surface area contributed by atoms with Crippen molar-refractivity contribution in [1.82, 2.24) is 4.90 Å². The molecule has 122 valence electrons. The number of hydrogen-bond donors (Lipinski definition) is 0. The van der Waals surface area contributed by atoms with Crippen molar-refractivity contribution < 1.29 is 9.53 Å². The number of amides is 1. The molecule has 1 fully saturated rings. The van der Waals surface area contributed by atoms with Crippen LogP contribution in [0.25, 0.3) is 0 Å². The van der Waals surface area contributed by atoms with Gasteiger partial charge in [0.2, 0.25) is 0 Å². The molecule has 3 nitrogen and oxygen atoms in total. The first-order chi connectivity index (χ1) is 10.2. The van der Waals surface area contributed by atoms with Gasteiger partial charge in [0.25, 0.3) is 0 Å². The van der Waals surface area contributed by atoms with Crippen LogP contribution in [0.4, 0.5) is 4.79 Å². The number of ether oxygens (including phenoxy) is 1. The Kier molecular flexibility index (Phi) is 5.00. The van der Waals surface area contributed by atoms with E-state index in [2.05, 4.69) is 43.4 Å². The van der Waals surface area contributed by atoms with E-state index in [1.165, 1.54) is 11.6 Å². The molecule has 1 amide bonds. The third-order valence-electron chi connectivity index (χ3n) is 4.48. The van der Waals surface area contributed by atoms with Crippen LogP contribution in [-0.4, -0.2) is 36.9 Å². The lowest BCUT2D eigenvalue weighted by molar-refractivity contribution is 0.0170. The van der Waals surface area contributed by atoms with Crippen LogP contribution in [0.15, 0.2) is 30.3 Å². The number of piperidine rings is 1. The Bertz CT molecular complexity index is 508. The zero-order valence-electron chi connectivity index (χ0n) is 14.6. The van der Waals surface area contributed by atoms with Gasteiger partial charge in [-0.25, -0.2) is 4.79 Å².